The number of fused-ring (bicyclic) bond motifs is 1. The molecule has 2 heterocycles. The quantitative estimate of drug-likeness (QED) is 0.360. The van der Waals surface area contributed by atoms with E-state index in [2.05, 4.69) is 40.5 Å². The van der Waals surface area contributed by atoms with Crippen LogP contribution in [-0.4, -0.2) is 52.7 Å². The first-order valence-electron chi connectivity index (χ1n) is 12.3. The van der Waals surface area contributed by atoms with Crippen LogP contribution in [0.5, 0.6) is 0 Å². The Kier molecular flexibility index (Phi) is 9.09. The van der Waals surface area contributed by atoms with E-state index in [1.807, 2.05) is 23.9 Å². The SMILES string of the molecule is CCN(CC)CCCCCCCCNc1cccc2c(C3CCC(=O)NC3=O)nn(C)c12. The highest BCUT2D eigenvalue weighted by molar-refractivity contribution is 6.03. The number of anilines is 1. The van der Waals surface area contributed by atoms with E-state index in [-0.39, 0.29) is 17.7 Å². The summed E-state index contributed by atoms with van der Waals surface area (Å²) < 4.78 is 1.85. The first-order valence-corrected chi connectivity index (χ1v) is 12.3. The average Bonchev–Trinajstić information content (AvgIpc) is 3.12. The molecule has 176 valence electrons. The van der Waals surface area contributed by atoms with Gasteiger partial charge in [0.05, 0.1) is 22.8 Å². The van der Waals surface area contributed by atoms with Crippen LogP contribution in [0.4, 0.5) is 5.69 Å². The highest BCUT2D eigenvalue weighted by atomic mass is 16.2. The number of carbonyl (C=O) groups is 2. The van der Waals surface area contributed by atoms with Gasteiger partial charge in [-0.25, -0.2) is 0 Å². The molecule has 1 aliphatic rings. The minimum atomic E-state index is -0.367. The molecule has 0 radical (unpaired) electrons. The summed E-state index contributed by atoms with van der Waals surface area (Å²) in [6, 6.07) is 6.11. The first kappa shape index (κ1) is 24.2. The predicted molar refractivity (Wildman–Crippen MR) is 130 cm³/mol. The van der Waals surface area contributed by atoms with E-state index >= 15 is 0 Å². The Bertz CT molecular complexity index is 903. The molecule has 7 heteroatoms. The maximum absolute atomic E-state index is 12.3. The van der Waals surface area contributed by atoms with Crippen LogP contribution in [0.3, 0.4) is 0 Å². The second-order valence-electron chi connectivity index (χ2n) is 8.79. The number of rotatable bonds is 13. The molecule has 2 amide bonds. The molecular weight excluding hydrogens is 402 g/mol. The van der Waals surface area contributed by atoms with Crippen LogP contribution in [0, 0.1) is 0 Å². The molecule has 1 fully saturated rings. The summed E-state index contributed by atoms with van der Waals surface area (Å²) in [6.07, 6.45) is 8.49. The van der Waals surface area contributed by atoms with E-state index in [9.17, 15) is 9.59 Å². The van der Waals surface area contributed by atoms with Crippen LogP contribution in [-0.2, 0) is 16.6 Å². The zero-order valence-corrected chi connectivity index (χ0v) is 20.0. The maximum Gasteiger partial charge on any atom is 0.235 e. The number of hydrogen-bond donors (Lipinski definition) is 2. The van der Waals surface area contributed by atoms with E-state index in [0.29, 0.717) is 12.8 Å². The summed E-state index contributed by atoms with van der Waals surface area (Å²) >= 11 is 0. The molecule has 7 nitrogen and oxygen atoms in total. The molecule has 2 aromatic rings. The van der Waals surface area contributed by atoms with Gasteiger partial charge in [-0.15, -0.1) is 0 Å². The number of nitrogens with zero attached hydrogens (tertiary/aromatic N) is 3. The van der Waals surface area contributed by atoms with Gasteiger partial charge < -0.3 is 10.2 Å². The number of hydrogen-bond acceptors (Lipinski definition) is 5. The van der Waals surface area contributed by atoms with Gasteiger partial charge in [0.1, 0.15) is 0 Å². The summed E-state index contributed by atoms with van der Waals surface area (Å²) in [5.74, 6) is -0.803. The van der Waals surface area contributed by atoms with Crippen LogP contribution in [0.15, 0.2) is 18.2 Å². The third kappa shape index (κ3) is 6.09. The van der Waals surface area contributed by atoms with Gasteiger partial charge >= 0.3 is 0 Å². The summed E-state index contributed by atoms with van der Waals surface area (Å²) in [5, 5.41) is 11.7. The lowest BCUT2D eigenvalue weighted by Crippen LogP contribution is -2.39. The van der Waals surface area contributed by atoms with Crippen molar-refractivity contribution in [2.75, 3.05) is 31.5 Å². The number of aromatic nitrogens is 2. The van der Waals surface area contributed by atoms with Crippen molar-refractivity contribution in [3.05, 3.63) is 23.9 Å². The maximum atomic E-state index is 12.3. The summed E-state index contributed by atoms with van der Waals surface area (Å²) in [4.78, 5) is 26.3. The number of amides is 2. The lowest BCUT2D eigenvalue weighted by Gasteiger charge is -2.19. The molecule has 1 saturated heterocycles. The van der Waals surface area contributed by atoms with Gasteiger partial charge in [-0.2, -0.15) is 5.10 Å². The fourth-order valence-electron chi connectivity index (χ4n) is 4.65. The number of nitrogens with one attached hydrogen (secondary N) is 2. The lowest BCUT2D eigenvalue weighted by molar-refractivity contribution is -0.134. The molecule has 32 heavy (non-hydrogen) atoms. The highest BCUT2D eigenvalue weighted by Crippen LogP contribution is 2.33. The molecule has 0 aliphatic carbocycles. The minimum Gasteiger partial charge on any atom is -0.383 e. The van der Waals surface area contributed by atoms with Gasteiger partial charge in [-0.3, -0.25) is 19.6 Å². The van der Waals surface area contributed by atoms with Gasteiger partial charge in [-0.05, 0) is 45.0 Å². The van der Waals surface area contributed by atoms with Gasteiger partial charge in [0.25, 0.3) is 0 Å². The summed E-state index contributed by atoms with van der Waals surface area (Å²) in [6.45, 7) is 8.93. The average molecular weight is 442 g/mol. The molecule has 1 aromatic carbocycles. The second kappa shape index (κ2) is 12.0. The van der Waals surface area contributed by atoms with E-state index in [1.165, 1.54) is 38.6 Å². The van der Waals surface area contributed by atoms with E-state index in [1.54, 1.807) is 0 Å². The topological polar surface area (TPSA) is 79.3 Å². The second-order valence-corrected chi connectivity index (χ2v) is 8.79. The molecule has 1 aromatic heterocycles. The first-order chi connectivity index (χ1) is 15.5. The molecule has 1 unspecified atom stereocenters. The predicted octanol–water partition coefficient (Wildman–Crippen LogP) is 4.19. The summed E-state index contributed by atoms with van der Waals surface area (Å²) in [5.41, 5.74) is 2.83. The number of para-hydroxylation sites is 1. The van der Waals surface area contributed by atoms with Crippen LogP contribution in [0.25, 0.3) is 10.9 Å². The Morgan fingerprint density at radius 3 is 2.53 bits per heavy atom. The van der Waals surface area contributed by atoms with E-state index < -0.39 is 0 Å². The van der Waals surface area contributed by atoms with Crippen LogP contribution in [0.2, 0.25) is 0 Å². The van der Waals surface area contributed by atoms with E-state index in [4.69, 9.17) is 0 Å². The Morgan fingerprint density at radius 1 is 1.09 bits per heavy atom. The van der Waals surface area contributed by atoms with Crippen molar-refractivity contribution in [1.29, 1.82) is 0 Å². The van der Waals surface area contributed by atoms with Crippen molar-refractivity contribution in [3.63, 3.8) is 0 Å². The van der Waals surface area contributed by atoms with Crippen LogP contribution < -0.4 is 10.6 Å². The van der Waals surface area contributed by atoms with Crippen LogP contribution in [0.1, 0.15) is 76.8 Å². The lowest BCUT2D eigenvalue weighted by atomic mass is 9.92. The monoisotopic (exact) mass is 441 g/mol. The normalized spacial score (nSPS) is 16.7. The fraction of sp³-hybridized carbons (Fsp3) is 0.640. The van der Waals surface area contributed by atoms with Crippen molar-refractivity contribution in [2.24, 2.45) is 7.05 Å². The zero-order chi connectivity index (χ0) is 22.9. The Morgan fingerprint density at radius 2 is 1.81 bits per heavy atom. The smallest absolute Gasteiger partial charge is 0.235 e. The summed E-state index contributed by atoms with van der Waals surface area (Å²) in [7, 11) is 1.92. The van der Waals surface area contributed by atoms with Crippen molar-refractivity contribution in [2.45, 2.75) is 71.1 Å². The molecular formula is C25H39N5O2. The van der Waals surface area contributed by atoms with Gasteiger partial charge in [0.15, 0.2) is 0 Å². The van der Waals surface area contributed by atoms with Crippen LogP contribution >= 0.6 is 0 Å². The number of carbonyl (C=O) groups excluding carboxylic acids is 2. The van der Waals surface area contributed by atoms with Crippen molar-refractivity contribution < 1.29 is 9.59 Å². The third-order valence-electron chi connectivity index (χ3n) is 6.57. The van der Waals surface area contributed by atoms with Gasteiger partial charge in [0, 0.05) is 25.4 Å². The molecule has 0 spiro atoms. The van der Waals surface area contributed by atoms with Crippen molar-refractivity contribution in [1.82, 2.24) is 20.0 Å². The number of piperidine rings is 1. The number of unbranched alkanes of at least 4 members (excludes halogenated alkanes) is 5. The largest absolute Gasteiger partial charge is 0.383 e. The Labute approximate surface area is 191 Å². The fourth-order valence-corrected chi connectivity index (χ4v) is 4.65. The minimum absolute atomic E-state index is 0.197. The highest BCUT2D eigenvalue weighted by Gasteiger charge is 2.31. The Hall–Kier alpha value is -2.41. The molecule has 3 rings (SSSR count). The van der Waals surface area contributed by atoms with Crippen molar-refractivity contribution in [3.8, 4) is 0 Å². The molecule has 1 aliphatic heterocycles. The molecule has 0 bridgehead atoms. The molecule has 0 saturated carbocycles. The number of benzene rings is 1. The Balaban J connectivity index is 1.47. The zero-order valence-electron chi connectivity index (χ0n) is 20.0. The van der Waals surface area contributed by atoms with Gasteiger partial charge in [0.2, 0.25) is 11.8 Å². The standard InChI is InChI=1S/C25H39N5O2/c1-4-30(5-2)18-11-9-7-6-8-10-17-26-21-14-12-13-19-23(28-29(3)24(19)21)20-15-16-22(31)27-25(20)32/h12-14,20,26H,4-11,15-18H2,1-3H3,(H,27,31,32). The number of aryl methyl sites for hydroxylation is 1. The molecule has 2 N–H and O–H groups in total. The number of imide groups is 1. The van der Waals surface area contributed by atoms with E-state index in [0.717, 1.165) is 48.3 Å². The van der Waals surface area contributed by atoms with Crippen molar-refractivity contribution >= 4 is 28.4 Å². The molecule has 1 atom stereocenters. The van der Waals surface area contributed by atoms with Gasteiger partial charge in [-0.1, -0.05) is 51.7 Å². The third-order valence-corrected chi connectivity index (χ3v) is 6.57.